The largest absolute Gasteiger partial charge is 0.497 e. The molecule has 1 amide bonds. The predicted octanol–water partition coefficient (Wildman–Crippen LogP) is 3.88. The van der Waals surface area contributed by atoms with Crippen LogP contribution in [0.2, 0.25) is 0 Å². The number of nitrogens with zero attached hydrogens (tertiary/aromatic N) is 5. The molecule has 4 aromatic rings. The van der Waals surface area contributed by atoms with Crippen molar-refractivity contribution in [1.82, 2.24) is 30.1 Å². The molecule has 3 heterocycles. The Kier molecular flexibility index (Phi) is 5.64. The minimum Gasteiger partial charge on any atom is -0.497 e. The third-order valence-electron chi connectivity index (χ3n) is 6.24. The quantitative estimate of drug-likeness (QED) is 0.474. The number of hydrogen-bond acceptors (Lipinski definition) is 5. The van der Waals surface area contributed by atoms with Gasteiger partial charge >= 0.3 is 0 Å². The summed E-state index contributed by atoms with van der Waals surface area (Å²) in [5.41, 5.74) is 3.67. The zero-order valence-electron chi connectivity index (χ0n) is 18.7. The summed E-state index contributed by atoms with van der Waals surface area (Å²) in [5.74, 6) is 1.61. The molecule has 168 valence electrons. The second kappa shape index (κ2) is 8.90. The lowest BCUT2D eigenvalue weighted by molar-refractivity contribution is -0.126. The maximum absolute atomic E-state index is 13.6. The summed E-state index contributed by atoms with van der Waals surface area (Å²) >= 11 is 0. The Bertz CT molecular complexity index is 1280. The van der Waals surface area contributed by atoms with Crippen LogP contribution in [0.25, 0.3) is 22.7 Å². The molecule has 0 aliphatic carbocycles. The van der Waals surface area contributed by atoms with E-state index in [0.717, 1.165) is 29.7 Å². The Hall–Kier alpha value is -3.94. The lowest BCUT2D eigenvalue weighted by Gasteiger charge is -2.32. The molecule has 1 aliphatic heterocycles. The molecular formula is C25H26N6O2. The third kappa shape index (κ3) is 4.24. The van der Waals surface area contributed by atoms with E-state index < -0.39 is 0 Å². The molecule has 0 radical (unpaired) electrons. The van der Waals surface area contributed by atoms with Gasteiger partial charge in [0.1, 0.15) is 11.4 Å². The highest BCUT2D eigenvalue weighted by Crippen LogP contribution is 2.31. The zero-order valence-corrected chi connectivity index (χ0v) is 18.7. The number of methoxy groups -OCH3 is 1. The number of carbonyl (C=O) groups is 1. The van der Waals surface area contributed by atoms with Crippen LogP contribution in [0.15, 0.2) is 54.6 Å². The highest BCUT2D eigenvalue weighted by molar-refractivity contribution is 6.18. The Morgan fingerprint density at radius 1 is 1.12 bits per heavy atom. The van der Waals surface area contributed by atoms with Crippen LogP contribution < -0.4 is 4.74 Å². The molecule has 8 heteroatoms. The molecule has 33 heavy (non-hydrogen) atoms. The number of benzene rings is 2. The van der Waals surface area contributed by atoms with Crippen molar-refractivity contribution in [2.75, 3.05) is 20.2 Å². The number of aromatic nitrogens is 5. The van der Waals surface area contributed by atoms with Crippen LogP contribution in [0.5, 0.6) is 5.75 Å². The first-order valence-corrected chi connectivity index (χ1v) is 11.1. The highest BCUT2D eigenvalue weighted by Gasteiger charge is 2.28. The number of aryl methyl sites for hydroxylation is 1. The second-order valence-corrected chi connectivity index (χ2v) is 8.32. The highest BCUT2D eigenvalue weighted by atomic mass is 16.5. The van der Waals surface area contributed by atoms with Gasteiger partial charge in [0.15, 0.2) is 5.82 Å². The molecule has 0 bridgehead atoms. The van der Waals surface area contributed by atoms with Crippen LogP contribution in [0, 0.1) is 6.92 Å². The van der Waals surface area contributed by atoms with Crippen molar-refractivity contribution in [2.45, 2.75) is 25.7 Å². The van der Waals surface area contributed by atoms with Crippen LogP contribution in [-0.2, 0) is 4.79 Å². The van der Waals surface area contributed by atoms with Gasteiger partial charge in [0.25, 0.3) is 5.91 Å². The minimum atomic E-state index is -0.0803. The average molecular weight is 443 g/mol. The zero-order chi connectivity index (χ0) is 22.8. The summed E-state index contributed by atoms with van der Waals surface area (Å²) in [7, 11) is 1.62. The monoisotopic (exact) mass is 442 g/mol. The standard InChI is InChI=1S/C25H26N6O2/c1-17-27-28-29-31(17)24(15-18-6-5-8-21(14-18)33-2)25(32)30-12-10-19(11-13-30)23-16-20-7-3-4-9-22(20)26-23/h3-9,14-16,19,26H,10-13H2,1-2H3/b24-15+. The molecule has 1 N–H and O–H groups in total. The number of carbonyl (C=O) groups excluding carboxylic acids is 1. The van der Waals surface area contributed by atoms with E-state index in [9.17, 15) is 4.79 Å². The molecule has 5 rings (SSSR count). The molecule has 0 atom stereocenters. The number of piperidine rings is 1. The second-order valence-electron chi connectivity index (χ2n) is 8.32. The van der Waals surface area contributed by atoms with E-state index in [1.807, 2.05) is 41.3 Å². The molecule has 2 aromatic carbocycles. The molecule has 0 spiro atoms. The van der Waals surface area contributed by atoms with Gasteiger partial charge in [0.2, 0.25) is 0 Å². The van der Waals surface area contributed by atoms with E-state index in [2.05, 4.69) is 44.8 Å². The lowest BCUT2D eigenvalue weighted by atomic mass is 9.93. The molecule has 1 saturated heterocycles. The molecule has 8 nitrogen and oxygen atoms in total. The molecule has 0 saturated carbocycles. The Morgan fingerprint density at radius 2 is 1.94 bits per heavy atom. The third-order valence-corrected chi connectivity index (χ3v) is 6.24. The van der Waals surface area contributed by atoms with Gasteiger partial charge in [0, 0.05) is 30.2 Å². The number of hydrogen-bond donors (Lipinski definition) is 1. The molecule has 0 unspecified atom stereocenters. The van der Waals surface area contributed by atoms with E-state index >= 15 is 0 Å². The Morgan fingerprint density at radius 3 is 2.67 bits per heavy atom. The lowest BCUT2D eigenvalue weighted by Crippen LogP contribution is -2.39. The minimum absolute atomic E-state index is 0.0803. The molecule has 2 aromatic heterocycles. The van der Waals surface area contributed by atoms with Gasteiger partial charge in [-0.1, -0.05) is 30.3 Å². The number of rotatable bonds is 5. The molecule has 1 aliphatic rings. The number of para-hydroxylation sites is 1. The normalized spacial score (nSPS) is 15.2. The van der Waals surface area contributed by atoms with Crippen LogP contribution >= 0.6 is 0 Å². The number of ether oxygens (including phenoxy) is 1. The maximum atomic E-state index is 13.6. The average Bonchev–Trinajstić information content (AvgIpc) is 3.48. The van der Waals surface area contributed by atoms with E-state index in [-0.39, 0.29) is 5.91 Å². The summed E-state index contributed by atoms with van der Waals surface area (Å²) in [6, 6.07) is 18.1. The first kappa shape index (κ1) is 20.9. The fourth-order valence-electron chi connectivity index (χ4n) is 4.43. The number of likely N-dealkylation sites (tertiary alicyclic amines) is 1. The van der Waals surface area contributed by atoms with Crippen molar-refractivity contribution in [2.24, 2.45) is 0 Å². The number of fused-ring (bicyclic) bond motifs is 1. The van der Waals surface area contributed by atoms with E-state index in [1.165, 1.54) is 15.8 Å². The van der Waals surface area contributed by atoms with E-state index in [0.29, 0.717) is 30.5 Å². The maximum Gasteiger partial charge on any atom is 0.272 e. The van der Waals surface area contributed by atoms with Crippen LogP contribution in [-0.4, -0.2) is 56.2 Å². The fraction of sp³-hybridized carbons (Fsp3) is 0.280. The van der Waals surface area contributed by atoms with Gasteiger partial charge in [-0.05, 0) is 71.5 Å². The molecular weight excluding hydrogens is 416 g/mol. The number of H-pyrrole nitrogens is 1. The van der Waals surface area contributed by atoms with Crippen molar-refractivity contribution in [3.63, 3.8) is 0 Å². The van der Waals surface area contributed by atoms with E-state index in [1.54, 1.807) is 14.0 Å². The first-order chi connectivity index (χ1) is 16.1. The van der Waals surface area contributed by atoms with Crippen molar-refractivity contribution in [3.05, 3.63) is 71.7 Å². The SMILES string of the molecule is COc1cccc(/C=C(\C(=O)N2CCC(c3cc4ccccc4[nH]3)CC2)n2nnnc2C)c1. The first-order valence-electron chi connectivity index (χ1n) is 11.1. The van der Waals surface area contributed by atoms with Gasteiger partial charge in [0.05, 0.1) is 7.11 Å². The van der Waals surface area contributed by atoms with Crippen molar-refractivity contribution in [1.29, 1.82) is 0 Å². The molecule has 1 fully saturated rings. The van der Waals surface area contributed by atoms with Crippen LogP contribution in [0.3, 0.4) is 0 Å². The number of tetrazole rings is 1. The summed E-state index contributed by atoms with van der Waals surface area (Å²) in [6.45, 7) is 3.14. The Balaban J connectivity index is 1.37. The van der Waals surface area contributed by atoms with Gasteiger partial charge in [-0.25, -0.2) is 0 Å². The van der Waals surface area contributed by atoms with Crippen molar-refractivity contribution >= 4 is 28.6 Å². The fourth-order valence-corrected chi connectivity index (χ4v) is 4.43. The summed E-state index contributed by atoms with van der Waals surface area (Å²) in [6.07, 6.45) is 3.62. The summed E-state index contributed by atoms with van der Waals surface area (Å²) in [4.78, 5) is 19.0. The van der Waals surface area contributed by atoms with Crippen LogP contribution in [0.1, 0.15) is 35.8 Å². The van der Waals surface area contributed by atoms with Crippen LogP contribution in [0.4, 0.5) is 0 Å². The Labute approximate surface area is 191 Å². The predicted molar refractivity (Wildman–Crippen MR) is 127 cm³/mol. The van der Waals surface area contributed by atoms with Gasteiger partial charge in [-0.2, -0.15) is 4.68 Å². The van der Waals surface area contributed by atoms with E-state index in [4.69, 9.17) is 4.74 Å². The van der Waals surface area contributed by atoms with Gasteiger partial charge < -0.3 is 14.6 Å². The smallest absolute Gasteiger partial charge is 0.272 e. The van der Waals surface area contributed by atoms with Crippen molar-refractivity contribution in [3.8, 4) is 5.75 Å². The van der Waals surface area contributed by atoms with Gasteiger partial charge in [-0.15, -0.1) is 5.10 Å². The summed E-state index contributed by atoms with van der Waals surface area (Å²) < 4.78 is 6.83. The van der Waals surface area contributed by atoms with Gasteiger partial charge in [-0.3, -0.25) is 4.79 Å². The number of nitrogens with one attached hydrogen (secondary N) is 1. The number of aromatic amines is 1. The van der Waals surface area contributed by atoms with Crippen molar-refractivity contribution < 1.29 is 9.53 Å². The number of amides is 1. The summed E-state index contributed by atoms with van der Waals surface area (Å²) in [5, 5.41) is 13.0. The topological polar surface area (TPSA) is 88.9 Å².